The van der Waals surface area contributed by atoms with Crippen molar-refractivity contribution in [1.82, 2.24) is 4.90 Å². The van der Waals surface area contributed by atoms with Gasteiger partial charge in [-0.25, -0.2) is 0 Å². The van der Waals surface area contributed by atoms with Crippen LogP contribution in [-0.4, -0.2) is 33.4 Å². The number of aryl methyl sites for hydroxylation is 1. The molecule has 0 spiro atoms. The van der Waals surface area contributed by atoms with Crippen LogP contribution in [0.5, 0.6) is 0 Å². The van der Waals surface area contributed by atoms with Gasteiger partial charge in [-0.3, -0.25) is 9.59 Å². The Hall–Kier alpha value is -1.20. The number of thioether (sulfide) groups is 1. The lowest BCUT2D eigenvalue weighted by molar-refractivity contribution is -0.135. The van der Waals surface area contributed by atoms with Crippen molar-refractivity contribution in [3.8, 4) is 0 Å². The van der Waals surface area contributed by atoms with Crippen LogP contribution in [0.4, 0.5) is 5.69 Å². The van der Waals surface area contributed by atoms with Crippen molar-refractivity contribution in [2.24, 2.45) is 0 Å². The zero-order chi connectivity index (χ0) is 15.2. The van der Waals surface area contributed by atoms with Gasteiger partial charge in [-0.1, -0.05) is 17.7 Å². The molecule has 2 saturated heterocycles. The first kappa shape index (κ1) is 14.7. The summed E-state index contributed by atoms with van der Waals surface area (Å²) in [5.74, 6) is 0.583. The van der Waals surface area contributed by atoms with Gasteiger partial charge >= 0.3 is 0 Å². The quantitative estimate of drug-likeness (QED) is 0.909. The second-order valence-electron chi connectivity index (χ2n) is 5.72. The molecule has 2 heterocycles. The van der Waals surface area contributed by atoms with Gasteiger partial charge in [0.1, 0.15) is 6.04 Å². The summed E-state index contributed by atoms with van der Waals surface area (Å²) in [7, 11) is 0. The molecule has 1 aromatic carbocycles. The predicted octanol–water partition coefficient (Wildman–Crippen LogP) is 3.04. The van der Waals surface area contributed by atoms with Crippen molar-refractivity contribution < 1.29 is 9.59 Å². The van der Waals surface area contributed by atoms with Gasteiger partial charge in [0.15, 0.2) is 0 Å². The molecule has 6 heteroatoms. The van der Waals surface area contributed by atoms with Gasteiger partial charge < -0.3 is 10.2 Å². The van der Waals surface area contributed by atoms with E-state index in [1.54, 1.807) is 22.7 Å². The lowest BCUT2D eigenvalue weighted by atomic mass is 10.2. The maximum Gasteiger partial charge on any atom is 0.248 e. The first-order chi connectivity index (χ1) is 9.90. The lowest BCUT2D eigenvalue weighted by Crippen LogP contribution is -2.48. The molecule has 21 heavy (non-hydrogen) atoms. The van der Waals surface area contributed by atoms with Crippen LogP contribution in [0.2, 0.25) is 5.02 Å². The summed E-state index contributed by atoms with van der Waals surface area (Å²) in [5, 5.41) is 3.49. The number of rotatable bonds is 2. The zero-order valence-electron chi connectivity index (χ0n) is 12.0. The number of hydrogen-bond donors (Lipinski definition) is 1. The average Bonchev–Trinajstić information content (AvgIpc) is 2.91. The van der Waals surface area contributed by atoms with E-state index in [9.17, 15) is 9.59 Å². The van der Waals surface area contributed by atoms with E-state index in [-0.39, 0.29) is 16.7 Å². The number of carbonyl (C=O) groups excluding carboxylic acids is 2. The number of nitrogens with zero attached hydrogens (tertiary/aromatic N) is 1. The van der Waals surface area contributed by atoms with Gasteiger partial charge in [-0.05, 0) is 38.0 Å². The van der Waals surface area contributed by atoms with Crippen molar-refractivity contribution in [3.63, 3.8) is 0 Å². The second-order valence-corrected chi connectivity index (χ2v) is 7.63. The minimum atomic E-state index is -0.393. The van der Waals surface area contributed by atoms with Crippen LogP contribution in [-0.2, 0) is 9.59 Å². The van der Waals surface area contributed by atoms with E-state index in [0.717, 1.165) is 12.0 Å². The molecule has 2 amide bonds. The number of halogens is 1. The Morgan fingerprint density at radius 3 is 3.00 bits per heavy atom. The van der Waals surface area contributed by atoms with Gasteiger partial charge in [0.25, 0.3) is 0 Å². The fraction of sp³-hybridized carbons (Fsp3) is 0.467. The Morgan fingerprint density at radius 2 is 2.29 bits per heavy atom. The normalized spacial score (nSPS) is 27.9. The maximum atomic E-state index is 12.5. The largest absolute Gasteiger partial charge is 0.324 e. The van der Waals surface area contributed by atoms with Crippen LogP contribution in [0.3, 0.4) is 0 Å². The predicted molar refractivity (Wildman–Crippen MR) is 85.5 cm³/mol. The van der Waals surface area contributed by atoms with Crippen LogP contribution >= 0.6 is 23.4 Å². The number of benzene rings is 1. The summed E-state index contributed by atoms with van der Waals surface area (Å²) in [6, 6.07) is 5.04. The van der Waals surface area contributed by atoms with Crippen LogP contribution < -0.4 is 5.32 Å². The Balaban J connectivity index is 1.77. The van der Waals surface area contributed by atoms with E-state index < -0.39 is 6.04 Å². The molecular formula is C15H17ClN2O2S. The third-order valence-corrected chi connectivity index (χ3v) is 6.10. The number of carbonyl (C=O) groups is 2. The van der Waals surface area contributed by atoms with E-state index in [1.807, 2.05) is 26.0 Å². The van der Waals surface area contributed by atoms with Crippen LogP contribution in [0.1, 0.15) is 25.3 Å². The van der Waals surface area contributed by atoms with Gasteiger partial charge in [-0.2, -0.15) is 0 Å². The van der Waals surface area contributed by atoms with Crippen LogP contribution in [0.25, 0.3) is 0 Å². The Bertz CT molecular complexity index is 622. The standard InChI is InChI=1S/C15H17ClN2O2S/c1-9-3-4-10(7-11(9)16)17-14(20)12-8-21-15(2)6-5-13(19)18(12)15/h3-4,7,12H,5-6,8H2,1-2H3,(H,17,20). The highest BCUT2D eigenvalue weighted by atomic mass is 35.5. The molecule has 4 nitrogen and oxygen atoms in total. The van der Waals surface area contributed by atoms with Crippen molar-refractivity contribution >= 4 is 40.9 Å². The molecule has 2 fully saturated rings. The van der Waals surface area contributed by atoms with Gasteiger partial charge in [-0.15, -0.1) is 11.8 Å². The molecule has 2 atom stereocenters. The summed E-state index contributed by atoms with van der Waals surface area (Å²) in [6.45, 7) is 3.95. The number of nitrogens with one attached hydrogen (secondary N) is 1. The molecule has 0 aliphatic carbocycles. The topological polar surface area (TPSA) is 49.4 Å². The van der Waals surface area contributed by atoms with Gasteiger partial charge in [0, 0.05) is 22.9 Å². The van der Waals surface area contributed by atoms with Crippen molar-refractivity contribution in [2.45, 2.75) is 37.6 Å². The molecule has 2 unspecified atom stereocenters. The highest BCUT2D eigenvalue weighted by molar-refractivity contribution is 8.01. The number of hydrogen-bond acceptors (Lipinski definition) is 3. The highest BCUT2D eigenvalue weighted by Crippen LogP contribution is 2.47. The van der Waals surface area contributed by atoms with Gasteiger partial charge in [0.05, 0.1) is 4.87 Å². The summed E-state index contributed by atoms with van der Waals surface area (Å²) in [4.78, 5) is 26.1. The molecule has 1 N–H and O–H groups in total. The van der Waals surface area contributed by atoms with E-state index >= 15 is 0 Å². The van der Waals surface area contributed by atoms with E-state index in [4.69, 9.17) is 11.6 Å². The first-order valence-electron chi connectivity index (χ1n) is 6.94. The minimum Gasteiger partial charge on any atom is -0.324 e. The van der Waals surface area contributed by atoms with Crippen LogP contribution in [0.15, 0.2) is 18.2 Å². The molecule has 0 radical (unpaired) electrons. The first-order valence-corrected chi connectivity index (χ1v) is 8.30. The molecule has 2 aliphatic heterocycles. The Kier molecular flexibility index (Phi) is 3.66. The average molecular weight is 325 g/mol. The highest BCUT2D eigenvalue weighted by Gasteiger charge is 2.52. The van der Waals surface area contributed by atoms with Crippen molar-refractivity contribution in [3.05, 3.63) is 28.8 Å². The smallest absolute Gasteiger partial charge is 0.248 e. The molecule has 3 rings (SSSR count). The molecule has 112 valence electrons. The number of anilines is 1. The van der Waals surface area contributed by atoms with E-state index in [1.165, 1.54) is 0 Å². The fourth-order valence-corrected chi connectivity index (χ4v) is 4.52. The number of amides is 2. The molecule has 0 bridgehead atoms. The summed E-state index contributed by atoms with van der Waals surface area (Å²) >= 11 is 7.76. The van der Waals surface area contributed by atoms with Crippen LogP contribution in [0, 0.1) is 6.92 Å². The van der Waals surface area contributed by atoms with E-state index in [0.29, 0.717) is 22.9 Å². The van der Waals surface area contributed by atoms with Gasteiger partial charge in [0.2, 0.25) is 11.8 Å². The SMILES string of the molecule is Cc1ccc(NC(=O)C2CSC3(C)CCC(=O)N23)cc1Cl. The third-order valence-electron chi connectivity index (χ3n) is 4.19. The minimum absolute atomic E-state index is 0.0737. The molecular weight excluding hydrogens is 308 g/mol. The molecule has 0 saturated carbocycles. The van der Waals surface area contributed by atoms with Crippen molar-refractivity contribution in [2.75, 3.05) is 11.1 Å². The third kappa shape index (κ3) is 2.53. The monoisotopic (exact) mass is 324 g/mol. The maximum absolute atomic E-state index is 12.5. The molecule has 0 aromatic heterocycles. The summed E-state index contributed by atoms with van der Waals surface area (Å²) in [6.07, 6.45) is 1.35. The summed E-state index contributed by atoms with van der Waals surface area (Å²) < 4.78 is 0. The number of fused-ring (bicyclic) bond motifs is 1. The zero-order valence-corrected chi connectivity index (χ0v) is 13.6. The molecule has 1 aromatic rings. The fourth-order valence-electron chi connectivity index (χ4n) is 2.91. The lowest BCUT2D eigenvalue weighted by Gasteiger charge is -2.29. The van der Waals surface area contributed by atoms with Crippen molar-refractivity contribution in [1.29, 1.82) is 0 Å². The molecule has 2 aliphatic rings. The van der Waals surface area contributed by atoms with E-state index in [2.05, 4.69) is 5.32 Å². The second kappa shape index (κ2) is 5.21. The summed E-state index contributed by atoms with van der Waals surface area (Å²) in [5.41, 5.74) is 1.63. The Morgan fingerprint density at radius 1 is 1.52 bits per heavy atom. The Labute approximate surface area is 133 Å².